The van der Waals surface area contributed by atoms with Crippen molar-refractivity contribution in [3.05, 3.63) is 65.7 Å². The van der Waals surface area contributed by atoms with Gasteiger partial charge in [0.2, 0.25) is 0 Å². The van der Waals surface area contributed by atoms with Crippen LogP contribution in [0.3, 0.4) is 0 Å². The largest absolute Gasteiger partial charge is 0.469 e. The number of benzene rings is 2. The van der Waals surface area contributed by atoms with Gasteiger partial charge < -0.3 is 4.74 Å². The highest BCUT2D eigenvalue weighted by Crippen LogP contribution is 2.33. The molecule has 1 N–H and O–H groups in total. The molecular weight excluding hydrogens is 291 g/mol. The number of alkyl halides is 3. The molecule has 5 heteroatoms. The van der Waals surface area contributed by atoms with Crippen molar-refractivity contribution in [2.45, 2.75) is 25.2 Å². The Bertz CT molecular complexity index is 590. The molecule has 0 saturated carbocycles. The summed E-state index contributed by atoms with van der Waals surface area (Å²) in [5.74, 6) is 0.382. The van der Waals surface area contributed by atoms with Crippen LogP contribution in [0.1, 0.15) is 24.5 Å². The summed E-state index contributed by atoms with van der Waals surface area (Å²) < 4.78 is 43.8. The van der Waals surface area contributed by atoms with Gasteiger partial charge in [0.25, 0.3) is 0 Å². The van der Waals surface area contributed by atoms with Gasteiger partial charge in [-0.1, -0.05) is 37.3 Å². The van der Waals surface area contributed by atoms with Crippen LogP contribution in [-0.4, -0.2) is 7.05 Å². The van der Waals surface area contributed by atoms with Gasteiger partial charge in [0.1, 0.15) is 5.75 Å². The minimum absolute atomic E-state index is 0.382. The second kappa shape index (κ2) is 6.40. The molecule has 2 nitrogen and oxygen atoms in total. The lowest BCUT2D eigenvalue weighted by Gasteiger charge is -2.34. The summed E-state index contributed by atoms with van der Waals surface area (Å²) in [6, 6.07) is 14.3. The van der Waals surface area contributed by atoms with Crippen LogP contribution in [-0.2, 0) is 11.9 Å². The smallest absolute Gasteiger partial charge is 0.416 e. The minimum atomic E-state index is -4.34. The fraction of sp³-hybridized carbons (Fsp3) is 0.294. The average Bonchev–Trinajstić information content (AvgIpc) is 2.53. The first-order valence-corrected chi connectivity index (χ1v) is 7.02. The van der Waals surface area contributed by atoms with Gasteiger partial charge in [-0.15, -0.1) is 0 Å². The Morgan fingerprint density at radius 2 is 1.50 bits per heavy atom. The molecule has 0 fully saturated rings. The Morgan fingerprint density at radius 3 is 1.95 bits per heavy atom. The van der Waals surface area contributed by atoms with Gasteiger partial charge in [0.05, 0.1) is 5.56 Å². The third-order valence-electron chi connectivity index (χ3n) is 3.62. The summed E-state index contributed by atoms with van der Waals surface area (Å²) in [4.78, 5) is 0. The van der Waals surface area contributed by atoms with Crippen molar-refractivity contribution < 1.29 is 17.9 Å². The molecule has 0 aromatic heterocycles. The molecule has 0 aliphatic heterocycles. The lowest BCUT2D eigenvalue weighted by molar-refractivity contribution is -0.137. The van der Waals surface area contributed by atoms with E-state index in [4.69, 9.17) is 4.74 Å². The molecule has 0 bridgehead atoms. The maximum Gasteiger partial charge on any atom is 0.416 e. The van der Waals surface area contributed by atoms with Crippen LogP contribution in [0, 0.1) is 0 Å². The van der Waals surface area contributed by atoms with E-state index in [1.54, 1.807) is 7.05 Å². The molecule has 0 unspecified atom stereocenters. The molecule has 0 heterocycles. The van der Waals surface area contributed by atoms with E-state index in [1.807, 2.05) is 37.3 Å². The maximum atomic E-state index is 12.6. The first kappa shape index (κ1) is 16.4. The van der Waals surface area contributed by atoms with Gasteiger partial charge in [-0.05, 0) is 31.3 Å². The topological polar surface area (TPSA) is 21.3 Å². The molecule has 0 spiro atoms. The van der Waals surface area contributed by atoms with Crippen LogP contribution in [0.25, 0.3) is 0 Å². The average molecular weight is 309 g/mol. The molecule has 2 aromatic carbocycles. The predicted octanol–water partition coefficient (Wildman–Crippen LogP) is 4.57. The summed E-state index contributed by atoms with van der Waals surface area (Å²) in [7, 11) is 1.76. The SMILES string of the molecule is CC[C@](NC)(Oc1ccc(C(F)(F)F)cc1)c1ccccc1. The number of hydrogen-bond acceptors (Lipinski definition) is 2. The van der Waals surface area contributed by atoms with Crippen molar-refractivity contribution in [2.24, 2.45) is 0 Å². The van der Waals surface area contributed by atoms with E-state index in [0.29, 0.717) is 12.2 Å². The summed E-state index contributed by atoms with van der Waals surface area (Å²) in [5.41, 5.74) is -0.549. The van der Waals surface area contributed by atoms with Gasteiger partial charge >= 0.3 is 6.18 Å². The van der Waals surface area contributed by atoms with E-state index < -0.39 is 17.5 Å². The van der Waals surface area contributed by atoms with E-state index in [2.05, 4.69) is 5.32 Å². The van der Waals surface area contributed by atoms with Crippen molar-refractivity contribution >= 4 is 0 Å². The second-order valence-electron chi connectivity index (χ2n) is 4.92. The Balaban J connectivity index is 2.29. The Kier molecular flexibility index (Phi) is 4.76. The van der Waals surface area contributed by atoms with Crippen LogP contribution in [0.15, 0.2) is 54.6 Å². The van der Waals surface area contributed by atoms with Crippen LogP contribution in [0.4, 0.5) is 13.2 Å². The van der Waals surface area contributed by atoms with E-state index in [-0.39, 0.29) is 0 Å². The fourth-order valence-corrected chi connectivity index (χ4v) is 2.33. The summed E-state index contributed by atoms with van der Waals surface area (Å²) >= 11 is 0. The molecular formula is C17H18F3NO. The second-order valence-corrected chi connectivity index (χ2v) is 4.92. The zero-order valence-corrected chi connectivity index (χ0v) is 12.4. The van der Waals surface area contributed by atoms with Crippen molar-refractivity contribution in [3.8, 4) is 5.75 Å². The van der Waals surface area contributed by atoms with E-state index >= 15 is 0 Å². The van der Waals surface area contributed by atoms with Gasteiger partial charge in [-0.3, -0.25) is 5.32 Å². The number of rotatable bonds is 5. The number of halogens is 3. The molecule has 0 aliphatic rings. The lowest BCUT2D eigenvalue weighted by Crippen LogP contribution is -2.45. The third-order valence-corrected chi connectivity index (χ3v) is 3.62. The quantitative estimate of drug-likeness (QED) is 0.817. The molecule has 0 radical (unpaired) electrons. The van der Waals surface area contributed by atoms with Gasteiger partial charge in [-0.2, -0.15) is 13.2 Å². The molecule has 2 rings (SSSR count). The summed E-state index contributed by atoms with van der Waals surface area (Å²) in [5, 5.41) is 3.13. The van der Waals surface area contributed by atoms with Gasteiger partial charge in [0.15, 0.2) is 5.72 Å². The normalized spacial score (nSPS) is 14.4. The lowest BCUT2D eigenvalue weighted by atomic mass is 10.00. The van der Waals surface area contributed by atoms with E-state index in [9.17, 15) is 13.2 Å². The number of hydrogen-bond donors (Lipinski definition) is 1. The Labute approximate surface area is 127 Å². The van der Waals surface area contributed by atoms with Crippen molar-refractivity contribution in [1.82, 2.24) is 5.32 Å². The number of nitrogens with one attached hydrogen (secondary N) is 1. The van der Waals surface area contributed by atoms with E-state index in [0.717, 1.165) is 17.7 Å². The summed E-state index contributed by atoms with van der Waals surface area (Å²) in [6.07, 6.45) is -3.72. The van der Waals surface area contributed by atoms with Crippen LogP contribution < -0.4 is 10.1 Å². The van der Waals surface area contributed by atoms with Crippen molar-refractivity contribution in [2.75, 3.05) is 7.05 Å². The standard InChI is InChI=1S/C17H18F3NO/c1-3-16(21-2,13-7-5-4-6-8-13)22-15-11-9-14(10-12-15)17(18,19)20/h4-12,21H,3H2,1-2H3/t16-/m0/s1. The molecule has 1 atom stereocenters. The molecule has 0 aliphatic carbocycles. The molecule has 118 valence electrons. The van der Waals surface area contributed by atoms with Crippen LogP contribution >= 0.6 is 0 Å². The minimum Gasteiger partial charge on any atom is -0.469 e. The van der Waals surface area contributed by atoms with Crippen LogP contribution in [0.5, 0.6) is 5.75 Å². The zero-order valence-electron chi connectivity index (χ0n) is 12.4. The van der Waals surface area contributed by atoms with Gasteiger partial charge in [-0.25, -0.2) is 0 Å². The maximum absolute atomic E-state index is 12.6. The van der Waals surface area contributed by atoms with Crippen molar-refractivity contribution in [1.29, 1.82) is 0 Å². The van der Waals surface area contributed by atoms with Gasteiger partial charge in [0, 0.05) is 12.0 Å². The highest BCUT2D eigenvalue weighted by atomic mass is 19.4. The predicted molar refractivity (Wildman–Crippen MR) is 79.5 cm³/mol. The highest BCUT2D eigenvalue weighted by molar-refractivity contribution is 5.31. The molecule has 2 aromatic rings. The monoisotopic (exact) mass is 309 g/mol. The first-order valence-electron chi connectivity index (χ1n) is 7.02. The number of ether oxygens (including phenoxy) is 1. The van der Waals surface area contributed by atoms with Crippen LogP contribution in [0.2, 0.25) is 0 Å². The van der Waals surface area contributed by atoms with Crippen molar-refractivity contribution in [3.63, 3.8) is 0 Å². The first-order chi connectivity index (χ1) is 10.4. The highest BCUT2D eigenvalue weighted by Gasteiger charge is 2.32. The Hall–Kier alpha value is -2.01. The zero-order chi connectivity index (χ0) is 16.2. The molecule has 0 saturated heterocycles. The van der Waals surface area contributed by atoms with E-state index in [1.165, 1.54) is 12.1 Å². The summed E-state index contributed by atoms with van der Waals surface area (Å²) in [6.45, 7) is 1.95. The third kappa shape index (κ3) is 3.42. The fourth-order valence-electron chi connectivity index (χ4n) is 2.33. The Morgan fingerprint density at radius 1 is 0.909 bits per heavy atom. The molecule has 0 amide bonds. The molecule has 22 heavy (non-hydrogen) atoms.